The third kappa shape index (κ3) is 3.41. The summed E-state index contributed by atoms with van der Waals surface area (Å²) in [4.78, 5) is 7.27. The highest BCUT2D eigenvalue weighted by atomic mass is 32.1. The van der Waals surface area contributed by atoms with E-state index >= 15 is 0 Å². The summed E-state index contributed by atoms with van der Waals surface area (Å²) in [5.74, 6) is -0.244. The van der Waals surface area contributed by atoms with E-state index in [1.807, 2.05) is 11.3 Å². The van der Waals surface area contributed by atoms with E-state index in [9.17, 15) is 9.50 Å². The Balaban J connectivity index is 1.56. The third-order valence-corrected chi connectivity index (χ3v) is 8.09. The number of aliphatic hydroxyl groups is 1. The van der Waals surface area contributed by atoms with E-state index in [0.717, 1.165) is 41.4 Å². The SMILES string of the molecule is CN(C)C1(c2cc3ccccc3s2)CC=C(c2[nH]c3ccc(F)cc3c2CCO)CC1. The maximum Gasteiger partial charge on any atom is 0.123 e. The Labute approximate surface area is 185 Å². The van der Waals surface area contributed by atoms with Gasteiger partial charge in [0.15, 0.2) is 0 Å². The summed E-state index contributed by atoms with van der Waals surface area (Å²) < 4.78 is 15.2. The Morgan fingerprint density at radius 3 is 2.71 bits per heavy atom. The van der Waals surface area contributed by atoms with Gasteiger partial charge in [0.05, 0.1) is 5.54 Å². The summed E-state index contributed by atoms with van der Waals surface area (Å²) in [6.45, 7) is 0.0488. The van der Waals surface area contributed by atoms with E-state index < -0.39 is 0 Å². The van der Waals surface area contributed by atoms with Gasteiger partial charge in [-0.1, -0.05) is 24.3 Å². The van der Waals surface area contributed by atoms with Crippen LogP contribution in [0.15, 0.2) is 54.6 Å². The van der Waals surface area contributed by atoms with Crippen LogP contribution in [0.2, 0.25) is 0 Å². The lowest BCUT2D eigenvalue weighted by atomic mass is 9.79. The van der Waals surface area contributed by atoms with Crippen LogP contribution in [0.3, 0.4) is 0 Å². The summed E-state index contributed by atoms with van der Waals surface area (Å²) in [5.41, 5.74) is 4.23. The number of hydrogen-bond donors (Lipinski definition) is 2. The summed E-state index contributed by atoms with van der Waals surface area (Å²) in [6.07, 6.45) is 5.73. The van der Waals surface area contributed by atoms with E-state index in [2.05, 4.69) is 60.4 Å². The molecule has 160 valence electrons. The van der Waals surface area contributed by atoms with Crippen molar-refractivity contribution >= 4 is 37.9 Å². The topological polar surface area (TPSA) is 39.3 Å². The van der Waals surface area contributed by atoms with Gasteiger partial charge in [-0.2, -0.15) is 0 Å². The van der Waals surface area contributed by atoms with Crippen molar-refractivity contribution < 1.29 is 9.50 Å². The van der Waals surface area contributed by atoms with Gasteiger partial charge in [-0.05, 0) is 86.6 Å². The molecule has 0 saturated carbocycles. The van der Waals surface area contributed by atoms with Crippen molar-refractivity contribution in [2.45, 2.75) is 31.2 Å². The van der Waals surface area contributed by atoms with Gasteiger partial charge in [0.25, 0.3) is 0 Å². The minimum Gasteiger partial charge on any atom is -0.396 e. The Hall–Kier alpha value is -2.47. The Kier molecular flexibility index (Phi) is 5.21. The van der Waals surface area contributed by atoms with Crippen molar-refractivity contribution in [2.75, 3.05) is 20.7 Å². The predicted molar refractivity (Wildman–Crippen MR) is 128 cm³/mol. The third-order valence-electron chi connectivity index (χ3n) is 6.79. The molecule has 31 heavy (non-hydrogen) atoms. The molecular formula is C26H27FN2OS. The molecule has 4 aromatic rings. The van der Waals surface area contributed by atoms with E-state index in [-0.39, 0.29) is 18.0 Å². The fraction of sp³-hybridized carbons (Fsp3) is 0.308. The highest BCUT2D eigenvalue weighted by Crippen LogP contribution is 2.47. The molecule has 1 unspecified atom stereocenters. The minimum atomic E-state index is -0.244. The van der Waals surface area contributed by atoms with E-state index in [0.29, 0.717) is 6.42 Å². The number of halogens is 1. The van der Waals surface area contributed by atoms with Gasteiger partial charge >= 0.3 is 0 Å². The Morgan fingerprint density at radius 1 is 1.16 bits per heavy atom. The van der Waals surface area contributed by atoms with Crippen LogP contribution >= 0.6 is 11.3 Å². The summed E-state index contributed by atoms with van der Waals surface area (Å²) in [5, 5.41) is 11.8. The first-order valence-electron chi connectivity index (χ1n) is 10.8. The smallest absolute Gasteiger partial charge is 0.123 e. The van der Waals surface area contributed by atoms with Gasteiger partial charge in [-0.15, -0.1) is 11.3 Å². The standard InChI is InChI=1S/C26H27FN2OS/c1-29(2)26(24-15-18-5-3-4-6-23(18)31-24)12-9-17(10-13-26)25-20(11-14-30)21-16-19(27)7-8-22(21)28-25/h3-9,15-16,28,30H,10-14H2,1-2H3. The van der Waals surface area contributed by atoms with Crippen molar-refractivity contribution in [3.63, 3.8) is 0 Å². The molecule has 2 aromatic heterocycles. The predicted octanol–water partition coefficient (Wildman–Crippen LogP) is 6.08. The molecule has 5 rings (SSSR count). The monoisotopic (exact) mass is 434 g/mol. The second-order valence-electron chi connectivity index (χ2n) is 8.65. The molecule has 2 N–H and O–H groups in total. The normalized spacial score (nSPS) is 19.5. The number of allylic oxidation sites excluding steroid dienone is 1. The molecule has 0 aliphatic heterocycles. The number of aromatic nitrogens is 1. The average molecular weight is 435 g/mol. The van der Waals surface area contributed by atoms with Crippen LogP contribution in [0.4, 0.5) is 4.39 Å². The van der Waals surface area contributed by atoms with E-state index in [1.54, 1.807) is 12.1 Å². The lowest BCUT2D eigenvalue weighted by Gasteiger charge is -2.41. The highest BCUT2D eigenvalue weighted by Gasteiger charge is 2.38. The Morgan fingerprint density at radius 2 is 2.00 bits per heavy atom. The fourth-order valence-corrected chi connectivity index (χ4v) is 6.36. The van der Waals surface area contributed by atoms with Crippen LogP contribution in [-0.4, -0.2) is 35.7 Å². The van der Waals surface area contributed by atoms with Crippen molar-refractivity contribution in [2.24, 2.45) is 0 Å². The zero-order valence-corrected chi connectivity index (χ0v) is 18.7. The molecule has 0 fully saturated rings. The highest BCUT2D eigenvalue weighted by molar-refractivity contribution is 7.19. The first-order chi connectivity index (χ1) is 15.0. The van der Waals surface area contributed by atoms with Crippen molar-refractivity contribution in [1.82, 2.24) is 9.88 Å². The number of aliphatic hydroxyl groups excluding tert-OH is 1. The second-order valence-corrected chi connectivity index (χ2v) is 9.73. The second kappa shape index (κ2) is 7.90. The number of H-pyrrole nitrogens is 1. The molecule has 2 aromatic carbocycles. The van der Waals surface area contributed by atoms with Crippen LogP contribution < -0.4 is 0 Å². The Bertz CT molecular complexity index is 1250. The number of rotatable bonds is 5. The quantitative estimate of drug-likeness (QED) is 0.399. The molecule has 0 saturated heterocycles. The molecule has 0 radical (unpaired) electrons. The number of aromatic amines is 1. The largest absolute Gasteiger partial charge is 0.396 e. The molecule has 1 atom stereocenters. The summed E-state index contributed by atoms with van der Waals surface area (Å²) >= 11 is 1.89. The molecule has 0 bridgehead atoms. The van der Waals surface area contributed by atoms with Gasteiger partial charge < -0.3 is 10.1 Å². The molecule has 1 aliphatic carbocycles. The lowest BCUT2D eigenvalue weighted by Crippen LogP contribution is -2.41. The molecule has 3 nitrogen and oxygen atoms in total. The van der Waals surface area contributed by atoms with E-state index in [4.69, 9.17) is 0 Å². The number of benzene rings is 2. The van der Waals surface area contributed by atoms with Crippen molar-refractivity contribution in [3.05, 3.63) is 76.6 Å². The zero-order chi connectivity index (χ0) is 21.6. The molecule has 1 aliphatic rings. The summed E-state index contributed by atoms with van der Waals surface area (Å²) in [6, 6.07) is 15.8. The first kappa shape index (κ1) is 20.4. The van der Waals surface area contributed by atoms with Gasteiger partial charge in [-0.25, -0.2) is 4.39 Å². The van der Waals surface area contributed by atoms with Crippen LogP contribution in [-0.2, 0) is 12.0 Å². The van der Waals surface area contributed by atoms with Crippen LogP contribution in [0, 0.1) is 5.82 Å². The van der Waals surface area contributed by atoms with E-state index in [1.165, 1.54) is 26.6 Å². The lowest BCUT2D eigenvalue weighted by molar-refractivity contribution is 0.143. The number of fused-ring (bicyclic) bond motifs is 2. The van der Waals surface area contributed by atoms with Crippen LogP contribution in [0.5, 0.6) is 0 Å². The van der Waals surface area contributed by atoms with Crippen LogP contribution in [0.25, 0.3) is 26.6 Å². The van der Waals surface area contributed by atoms with Crippen molar-refractivity contribution in [3.8, 4) is 0 Å². The number of nitrogens with one attached hydrogen (secondary N) is 1. The molecule has 0 amide bonds. The van der Waals surface area contributed by atoms with Gasteiger partial charge in [-0.3, -0.25) is 4.90 Å². The van der Waals surface area contributed by atoms with Crippen molar-refractivity contribution in [1.29, 1.82) is 0 Å². The van der Waals surface area contributed by atoms with Gasteiger partial charge in [0, 0.05) is 32.8 Å². The zero-order valence-electron chi connectivity index (χ0n) is 17.9. The minimum absolute atomic E-state index is 0.0253. The molecule has 5 heteroatoms. The molecule has 2 heterocycles. The maximum atomic E-state index is 13.9. The average Bonchev–Trinajstić information content (AvgIpc) is 3.36. The summed E-state index contributed by atoms with van der Waals surface area (Å²) in [7, 11) is 4.35. The van der Waals surface area contributed by atoms with Gasteiger partial charge in [0.2, 0.25) is 0 Å². The van der Waals surface area contributed by atoms with Gasteiger partial charge in [0.1, 0.15) is 5.82 Å². The molecule has 0 spiro atoms. The maximum absolute atomic E-state index is 13.9. The molecular weight excluding hydrogens is 407 g/mol. The number of nitrogens with zero attached hydrogens (tertiary/aromatic N) is 1. The fourth-order valence-electron chi connectivity index (χ4n) is 4.99. The first-order valence-corrected chi connectivity index (χ1v) is 11.6. The van der Waals surface area contributed by atoms with Crippen LogP contribution in [0.1, 0.15) is 35.4 Å². The number of thiophene rings is 1. The number of hydrogen-bond acceptors (Lipinski definition) is 3.